The van der Waals surface area contributed by atoms with Gasteiger partial charge in [0.15, 0.2) is 0 Å². The normalized spacial score (nSPS) is 23.0. The van der Waals surface area contributed by atoms with Gasteiger partial charge >= 0.3 is 5.97 Å². The summed E-state index contributed by atoms with van der Waals surface area (Å²) in [6, 6.07) is 10.4. The lowest BCUT2D eigenvalue weighted by molar-refractivity contribution is -0.139. The number of esters is 1. The molecule has 0 aliphatic heterocycles. The molecule has 3 heteroatoms. The van der Waals surface area contributed by atoms with Crippen LogP contribution in [0.15, 0.2) is 53.6 Å². The number of allylic oxidation sites excluding steroid dienone is 2. The van der Waals surface area contributed by atoms with Crippen molar-refractivity contribution in [1.29, 1.82) is 0 Å². The molecule has 0 bridgehead atoms. The quantitative estimate of drug-likeness (QED) is 0.404. The van der Waals surface area contributed by atoms with E-state index in [9.17, 15) is 4.79 Å². The third-order valence-corrected chi connectivity index (χ3v) is 5.68. The number of hydrogen-bond acceptors (Lipinski definition) is 3. The van der Waals surface area contributed by atoms with E-state index in [-0.39, 0.29) is 11.4 Å². The second kappa shape index (κ2) is 10.5. The van der Waals surface area contributed by atoms with Gasteiger partial charge in [-0.2, -0.15) is 0 Å². The van der Waals surface area contributed by atoms with Gasteiger partial charge in [0.25, 0.3) is 0 Å². The Labute approximate surface area is 164 Å². The van der Waals surface area contributed by atoms with Crippen LogP contribution in [0.3, 0.4) is 0 Å². The first-order valence-electron chi connectivity index (χ1n) is 9.98. The maximum absolute atomic E-state index is 10.9. The second-order valence-corrected chi connectivity index (χ2v) is 8.06. The molecule has 0 saturated carbocycles. The minimum absolute atomic E-state index is 0.224. The van der Waals surface area contributed by atoms with E-state index in [0.29, 0.717) is 19.1 Å². The third kappa shape index (κ3) is 6.99. The Morgan fingerprint density at radius 1 is 1.26 bits per heavy atom. The molecule has 0 heterocycles. The van der Waals surface area contributed by atoms with E-state index >= 15 is 0 Å². The van der Waals surface area contributed by atoms with Crippen molar-refractivity contribution in [2.45, 2.75) is 60.0 Å². The van der Waals surface area contributed by atoms with Crippen LogP contribution in [0, 0.1) is 11.3 Å². The van der Waals surface area contributed by atoms with Crippen LogP contribution in [-0.2, 0) is 20.9 Å². The van der Waals surface area contributed by atoms with Crippen LogP contribution in [0.1, 0.15) is 58.9 Å². The van der Waals surface area contributed by atoms with Crippen molar-refractivity contribution in [3.63, 3.8) is 0 Å². The van der Waals surface area contributed by atoms with Crippen molar-refractivity contribution in [2.75, 3.05) is 13.2 Å². The van der Waals surface area contributed by atoms with Gasteiger partial charge < -0.3 is 9.47 Å². The molecule has 1 aliphatic rings. The van der Waals surface area contributed by atoms with Gasteiger partial charge in [0.1, 0.15) is 6.61 Å². The first-order chi connectivity index (χ1) is 12.9. The molecular formula is C24H34O3. The fourth-order valence-electron chi connectivity index (χ4n) is 3.92. The number of carbonyl (C=O) groups is 1. The molecule has 27 heavy (non-hydrogen) atoms. The Kier molecular flexibility index (Phi) is 8.30. The zero-order chi connectivity index (χ0) is 19.7. The first-order valence-corrected chi connectivity index (χ1v) is 9.98. The van der Waals surface area contributed by atoms with Crippen molar-refractivity contribution < 1.29 is 14.3 Å². The molecule has 0 aromatic heterocycles. The topological polar surface area (TPSA) is 35.5 Å². The molecule has 1 aromatic rings. The van der Waals surface area contributed by atoms with E-state index in [1.807, 2.05) is 13.0 Å². The van der Waals surface area contributed by atoms with Gasteiger partial charge in [-0.05, 0) is 56.1 Å². The molecule has 0 amide bonds. The summed E-state index contributed by atoms with van der Waals surface area (Å²) in [5.41, 5.74) is 4.04. The number of rotatable bonds is 9. The van der Waals surface area contributed by atoms with Gasteiger partial charge in [0.2, 0.25) is 0 Å². The van der Waals surface area contributed by atoms with Crippen LogP contribution in [0.5, 0.6) is 0 Å². The highest BCUT2D eigenvalue weighted by Crippen LogP contribution is 2.45. The molecule has 148 valence electrons. The number of benzene rings is 1. The van der Waals surface area contributed by atoms with Crippen molar-refractivity contribution in [3.05, 3.63) is 59.2 Å². The van der Waals surface area contributed by atoms with E-state index in [0.717, 1.165) is 31.4 Å². The van der Waals surface area contributed by atoms with Crippen LogP contribution >= 0.6 is 0 Å². The summed E-state index contributed by atoms with van der Waals surface area (Å²) < 4.78 is 11.2. The summed E-state index contributed by atoms with van der Waals surface area (Å²) in [5, 5.41) is 0. The average Bonchev–Trinajstić information content (AvgIpc) is 2.63. The largest absolute Gasteiger partial charge is 0.461 e. The van der Waals surface area contributed by atoms with Gasteiger partial charge in [-0.25, -0.2) is 0 Å². The predicted octanol–water partition coefficient (Wildman–Crippen LogP) is 5.86. The minimum atomic E-state index is -0.224. The molecule has 1 aromatic carbocycles. The summed E-state index contributed by atoms with van der Waals surface area (Å²) in [6.45, 7) is 9.95. The molecule has 2 rings (SSSR count). The van der Waals surface area contributed by atoms with E-state index in [1.165, 1.54) is 24.5 Å². The Morgan fingerprint density at radius 2 is 2.00 bits per heavy atom. The van der Waals surface area contributed by atoms with E-state index in [1.54, 1.807) is 0 Å². The standard InChI is InChI=1S/C24H34O3/c1-19(16-27-21(3)25)10-8-14-24(4)15-9-11-20(2)23(24)18-26-17-22-12-6-5-7-13-22/h5-7,10-13,23H,8-9,14-18H2,1-4H3/b19-10+/t23-,24+/m0/s1. The van der Waals surface area contributed by atoms with Crippen molar-refractivity contribution >= 4 is 5.97 Å². The van der Waals surface area contributed by atoms with Crippen molar-refractivity contribution in [1.82, 2.24) is 0 Å². The first kappa shape index (κ1) is 21.4. The van der Waals surface area contributed by atoms with Gasteiger partial charge in [0, 0.05) is 12.8 Å². The fraction of sp³-hybridized carbons (Fsp3) is 0.542. The van der Waals surface area contributed by atoms with Crippen LogP contribution < -0.4 is 0 Å². The SMILES string of the molecule is CC(=O)OC/C(C)=C/CC[C@]1(C)CCC=C(C)[C@@H]1COCc1ccccc1. The van der Waals surface area contributed by atoms with Gasteiger partial charge in [-0.1, -0.05) is 55.0 Å². The van der Waals surface area contributed by atoms with Gasteiger partial charge in [-0.15, -0.1) is 0 Å². The maximum atomic E-state index is 10.9. The van der Waals surface area contributed by atoms with E-state index in [2.05, 4.69) is 50.3 Å². The number of hydrogen-bond donors (Lipinski definition) is 0. The zero-order valence-corrected chi connectivity index (χ0v) is 17.3. The predicted molar refractivity (Wildman–Crippen MR) is 110 cm³/mol. The minimum Gasteiger partial charge on any atom is -0.461 e. The van der Waals surface area contributed by atoms with E-state index < -0.39 is 0 Å². The second-order valence-electron chi connectivity index (χ2n) is 8.06. The summed E-state index contributed by atoms with van der Waals surface area (Å²) in [7, 11) is 0. The van der Waals surface area contributed by atoms with Crippen molar-refractivity contribution in [2.24, 2.45) is 11.3 Å². The highest BCUT2D eigenvalue weighted by Gasteiger charge is 2.36. The Bertz CT molecular complexity index is 659. The summed E-state index contributed by atoms with van der Waals surface area (Å²) in [4.78, 5) is 10.9. The molecule has 3 nitrogen and oxygen atoms in total. The zero-order valence-electron chi connectivity index (χ0n) is 17.3. The molecule has 0 spiro atoms. The smallest absolute Gasteiger partial charge is 0.302 e. The Balaban J connectivity index is 1.90. The monoisotopic (exact) mass is 370 g/mol. The lowest BCUT2D eigenvalue weighted by atomic mass is 9.65. The summed E-state index contributed by atoms with van der Waals surface area (Å²) in [6.07, 6.45) is 9.05. The molecule has 1 aliphatic carbocycles. The number of ether oxygens (including phenoxy) is 2. The van der Waals surface area contributed by atoms with Crippen LogP contribution in [0.2, 0.25) is 0 Å². The summed E-state index contributed by atoms with van der Waals surface area (Å²) in [5.74, 6) is 0.232. The fourth-order valence-corrected chi connectivity index (χ4v) is 3.92. The maximum Gasteiger partial charge on any atom is 0.302 e. The Hall–Kier alpha value is -1.87. The van der Waals surface area contributed by atoms with Crippen LogP contribution in [0.4, 0.5) is 0 Å². The van der Waals surface area contributed by atoms with Crippen LogP contribution in [0.25, 0.3) is 0 Å². The van der Waals surface area contributed by atoms with Gasteiger partial charge in [0.05, 0.1) is 13.2 Å². The van der Waals surface area contributed by atoms with Crippen LogP contribution in [-0.4, -0.2) is 19.2 Å². The Morgan fingerprint density at radius 3 is 2.70 bits per heavy atom. The van der Waals surface area contributed by atoms with Gasteiger partial charge in [-0.3, -0.25) is 4.79 Å². The lowest BCUT2D eigenvalue weighted by Gasteiger charge is -2.41. The third-order valence-electron chi connectivity index (χ3n) is 5.68. The lowest BCUT2D eigenvalue weighted by Crippen LogP contribution is -2.34. The highest BCUT2D eigenvalue weighted by atomic mass is 16.5. The number of carbonyl (C=O) groups excluding carboxylic acids is 1. The molecular weight excluding hydrogens is 336 g/mol. The highest BCUT2D eigenvalue weighted by molar-refractivity contribution is 5.66. The molecule has 0 radical (unpaired) electrons. The molecule has 0 N–H and O–H groups in total. The molecule has 0 unspecified atom stereocenters. The van der Waals surface area contributed by atoms with E-state index in [4.69, 9.17) is 9.47 Å². The molecule has 2 atom stereocenters. The molecule has 0 fully saturated rings. The molecule has 0 saturated heterocycles. The average molecular weight is 371 g/mol. The summed E-state index contributed by atoms with van der Waals surface area (Å²) >= 11 is 0. The van der Waals surface area contributed by atoms with Crippen molar-refractivity contribution in [3.8, 4) is 0 Å².